The molecule has 0 aliphatic rings. The number of carbonyl (C=O) groups excluding carboxylic acids is 2. The fraction of sp³-hybridized carbons (Fsp3) is 0.263. The van der Waals surface area contributed by atoms with Gasteiger partial charge in [-0.05, 0) is 38.1 Å². The van der Waals surface area contributed by atoms with E-state index < -0.39 is 24.1 Å². The van der Waals surface area contributed by atoms with Gasteiger partial charge in [0.2, 0.25) is 0 Å². The standard InChI is InChI=1S/C19H18Cl2O4/c1-12(24-18(22)14-7-3-5-9-16(14)20)11-13(2)25-19(23)15-8-4-6-10-17(15)21/h3-10,12-13H,11H2,1-2H3. The normalized spacial score (nSPS) is 13.0. The first-order valence-corrected chi connectivity index (χ1v) is 8.55. The predicted octanol–water partition coefficient (Wildman–Crippen LogP) is 5.17. The van der Waals surface area contributed by atoms with Crippen LogP contribution in [0.3, 0.4) is 0 Å². The lowest BCUT2D eigenvalue weighted by Crippen LogP contribution is -2.24. The molecular formula is C19H18Cl2O4. The molecule has 2 rings (SSSR count). The summed E-state index contributed by atoms with van der Waals surface area (Å²) in [4.78, 5) is 24.2. The zero-order valence-electron chi connectivity index (χ0n) is 13.9. The predicted molar refractivity (Wildman–Crippen MR) is 97.3 cm³/mol. The van der Waals surface area contributed by atoms with E-state index in [9.17, 15) is 9.59 Å². The van der Waals surface area contributed by atoms with Crippen LogP contribution in [-0.4, -0.2) is 24.1 Å². The van der Waals surface area contributed by atoms with E-state index in [0.717, 1.165) is 0 Å². The summed E-state index contributed by atoms with van der Waals surface area (Å²) in [6.45, 7) is 3.46. The summed E-state index contributed by atoms with van der Waals surface area (Å²) in [5, 5.41) is 0.663. The number of carbonyl (C=O) groups is 2. The number of esters is 2. The van der Waals surface area contributed by atoms with Crippen LogP contribution >= 0.6 is 23.2 Å². The maximum atomic E-state index is 12.1. The van der Waals surface area contributed by atoms with Crippen molar-refractivity contribution in [3.05, 3.63) is 69.7 Å². The molecule has 0 saturated heterocycles. The molecule has 0 aliphatic heterocycles. The Morgan fingerprint density at radius 1 is 0.800 bits per heavy atom. The van der Waals surface area contributed by atoms with Crippen LogP contribution in [0.15, 0.2) is 48.5 Å². The highest BCUT2D eigenvalue weighted by molar-refractivity contribution is 6.34. The number of rotatable bonds is 6. The minimum Gasteiger partial charge on any atom is -0.459 e. The van der Waals surface area contributed by atoms with Crippen LogP contribution < -0.4 is 0 Å². The van der Waals surface area contributed by atoms with Crippen molar-refractivity contribution in [1.82, 2.24) is 0 Å². The smallest absolute Gasteiger partial charge is 0.339 e. The molecule has 25 heavy (non-hydrogen) atoms. The van der Waals surface area contributed by atoms with Gasteiger partial charge in [-0.1, -0.05) is 47.5 Å². The van der Waals surface area contributed by atoms with Gasteiger partial charge >= 0.3 is 11.9 Å². The Morgan fingerprint density at radius 3 is 1.52 bits per heavy atom. The molecule has 0 saturated carbocycles. The first-order chi connectivity index (χ1) is 11.9. The summed E-state index contributed by atoms with van der Waals surface area (Å²) in [6.07, 6.45) is -0.539. The van der Waals surface area contributed by atoms with Gasteiger partial charge in [-0.3, -0.25) is 0 Å². The maximum absolute atomic E-state index is 12.1. The zero-order chi connectivity index (χ0) is 18.4. The zero-order valence-corrected chi connectivity index (χ0v) is 15.4. The summed E-state index contributed by atoms with van der Waals surface area (Å²) >= 11 is 12.0. The van der Waals surface area contributed by atoms with Crippen molar-refractivity contribution in [2.24, 2.45) is 0 Å². The summed E-state index contributed by atoms with van der Waals surface area (Å²) < 4.78 is 10.7. The Bertz CT molecular complexity index is 697. The molecule has 2 unspecified atom stereocenters. The summed E-state index contributed by atoms with van der Waals surface area (Å²) in [6, 6.07) is 13.3. The third-order valence-electron chi connectivity index (χ3n) is 3.47. The third-order valence-corrected chi connectivity index (χ3v) is 4.13. The fourth-order valence-corrected chi connectivity index (χ4v) is 2.74. The summed E-state index contributed by atoms with van der Waals surface area (Å²) in [5.41, 5.74) is 0.605. The van der Waals surface area contributed by atoms with Gasteiger partial charge in [-0.25, -0.2) is 9.59 Å². The third kappa shape index (κ3) is 5.48. The first kappa shape index (κ1) is 19.3. The number of benzene rings is 2. The van der Waals surface area contributed by atoms with Crippen LogP contribution in [-0.2, 0) is 9.47 Å². The van der Waals surface area contributed by atoms with Crippen LogP contribution in [0.5, 0.6) is 0 Å². The van der Waals surface area contributed by atoms with Gasteiger partial charge in [0.05, 0.1) is 21.2 Å². The lowest BCUT2D eigenvalue weighted by Gasteiger charge is -2.19. The van der Waals surface area contributed by atoms with Gasteiger partial charge in [0.25, 0.3) is 0 Å². The molecule has 0 radical (unpaired) electrons. The van der Waals surface area contributed by atoms with Crippen molar-refractivity contribution in [3.63, 3.8) is 0 Å². The topological polar surface area (TPSA) is 52.6 Å². The molecular weight excluding hydrogens is 363 g/mol. The molecule has 0 aliphatic carbocycles. The lowest BCUT2D eigenvalue weighted by atomic mass is 10.1. The van der Waals surface area contributed by atoms with Crippen LogP contribution in [0.25, 0.3) is 0 Å². The van der Waals surface area contributed by atoms with Gasteiger partial charge in [-0.2, -0.15) is 0 Å². The summed E-state index contributed by atoms with van der Waals surface area (Å²) in [5.74, 6) is -1.02. The van der Waals surface area contributed by atoms with Crippen LogP contribution in [0, 0.1) is 0 Å². The molecule has 0 bridgehead atoms. The Kier molecular flexibility index (Phi) is 6.85. The van der Waals surface area contributed by atoms with Crippen LogP contribution in [0.4, 0.5) is 0 Å². The molecule has 2 aromatic carbocycles. The Balaban J connectivity index is 1.89. The van der Waals surface area contributed by atoms with E-state index in [-0.39, 0.29) is 0 Å². The van der Waals surface area contributed by atoms with Gasteiger partial charge in [0, 0.05) is 6.42 Å². The van der Waals surface area contributed by atoms with Gasteiger partial charge < -0.3 is 9.47 Å². The maximum Gasteiger partial charge on any atom is 0.339 e. The Labute approximate surface area is 156 Å². The second kappa shape index (κ2) is 8.88. The molecule has 132 valence electrons. The average molecular weight is 381 g/mol. The van der Waals surface area contributed by atoms with E-state index in [1.165, 1.54) is 0 Å². The monoisotopic (exact) mass is 380 g/mol. The second-order valence-corrected chi connectivity index (χ2v) is 6.44. The van der Waals surface area contributed by atoms with Crippen molar-refractivity contribution >= 4 is 35.1 Å². The van der Waals surface area contributed by atoms with Crippen molar-refractivity contribution in [1.29, 1.82) is 0 Å². The second-order valence-electron chi connectivity index (χ2n) is 5.63. The molecule has 0 spiro atoms. The van der Waals surface area contributed by atoms with E-state index in [0.29, 0.717) is 27.6 Å². The van der Waals surface area contributed by atoms with Gasteiger partial charge in [0.15, 0.2) is 0 Å². The minimum absolute atomic E-state index is 0.303. The van der Waals surface area contributed by atoms with Crippen LogP contribution in [0.2, 0.25) is 10.0 Å². The number of hydrogen-bond acceptors (Lipinski definition) is 4. The first-order valence-electron chi connectivity index (χ1n) is 7.79. The van der Waals surface area contributed by atoms with E-state index in [1.54, 1.807) is 62.4 Å². The fourth-order valence-electron chi connectivity index (χ4n) is 2.31. The Morgan fingerprint density at radius 2 is 1.16 bits per heavy atom. The molecule has 2 aromatic rings. The molecule has 6 heteroatoms. The Hall–Kier alpha value is -2.04. The highest BCUT2D eigenvalue weighted by Crippen LogP contribution is 2.19. The van der Waals surface area contributed by atoms with Crippen molar-refractivity contribution in [2.75, 3.05) is 0 Å². The largest absolute Gasteiger partial charge is 0.459 e. The molecule has 4 nitrogen and oxygen atoms in total. The van der Waals surface area contributed by atoms with E-state index >= 15 is 0 Å². The van der Waals surface area contributed by atoms with Gasteiger partial charge in [-0.15, -0.1) is 0 Å². The molecule has 0 amide bonds. The number of ether oxygens (including phenoxy) is 2. The van der Waals surface area contributed by atoms with Crippen molar-refractivity contribution in [3.8, 4) is 0 Å². The summed E-state index contributed by atoms with van der Waals surface area (Å²) in [7, 11) is 0. The van der Waals surface area contributed by atoms with Crippen molar-refractivity contribution in [2.45, 2.75) is 32.5 Å². The molecule has 0 heterocycles. The number of hydrogen-bond donors (Lipinski definition) is 0. The highest BCUT2D eigenvalue weighted by atomic mass is 35.5. The van der Waals surface area contributed by atoms with E-state index in [4.69, 9.17) is 32.7 Å². The van der Waals surface area contributed by atoms with Gasteiger partial charge in [0.1, 0.15) is 12.2 Å². The molecule has 0 N–H and O–H groups in total. The quantitative estimate of drug-likeness (QED) is 0.648. The minimum atomic E-state index is -0.511. The van der Waals surface area contributed by atoms with Crippen molar-refractivity contribution < 1.29 is 19.1 Å². The van der Waals surface area contributed by atoms with E-state index in [2.05, 4.69) is 0 Å². The average Bonchev–Trinajstić information content (AvgIpc) is 2.55. The number of halogens is 2. The molecule has 0 fully saturated rings. The SMILES string of the molecule is CC(CC(C)OC(=O)c1ccccc1Cl)OC(=O)c1ccccc1Cl. The molecule has 0 aromatic heterocycles. The lowest BCUT2D eigenvalue weighted by molar-refractivity contribution is 0.00767. The highest BCUT2D eigenvalue weighted by Gasteiger charge is 2.20. The molecule has 2 atom stereocenters. The van der Waals surface area contributed by atoms with Crippen LogP contribution in [0.1, 0.15) is 41.0 Å². The van der Waals surface area contributed by atoms with E-state index in [1.807, 2.05) is 0 Å².